The van der Waals surface area contributed by atoms with Gasteiger partial charge in [0.1, 0.15) is 0 Å². The molecule has 0 bridgehead atoms. The number of amides is 1. The van der Waals surface area contributed by atoms with Crippen LogP contribution in [0.3, 0.4) is 0 Å². The predicted octanol–water partition coefficient (Wildman–Crippen LogP) is 1.27. The van der Waals surface area contributed by atoms with Gasteiger partial charge in [-0.1, -0.05) is 29.8 Å². The minimum Gasteiger partial charge on any atom is -0.503 e. The fourth-order valence-corrected chi connectivity index (χ4v) is 2.45. The van der Waals surface area contributed by atoms with Crippen LogP contribution in [0.4, 0.5) is 0 Å². The molecule has 1 aromatic rings. The lowest BCUT2D eigenvalue weighted by atomic mass is 9.96. The molecule has 0 aliphatic carbocycles. The van der Waals surface area contributed by atoms with Gasteiger partial charge in [-0.25, -0.2) is 0 Å². The first-order valence-corrected chi connectivity index (χ1v) is 6.39. The molecule has 0 aromatic heterocycles. The summed E-state index contributed by atoms with van der Waals surface area (Å²) in [5.74, 6) is -1.48. The molecule has 5 heteroatoms. The highest BCUT2D eigenvalue weighted by Gasteiger charge is 2.41. The minimum atomic E-state index is -0.632. The molecule has 0 saturated heterocycles. The van der Waals surface area contributed by atoms with E-state index in [2.05, 4.69) is 0 Å². The number of aryl methyl sites for hydroxylation is 1. The van der Waals surface area contributed by atoms with Crippen LogP contribution in [0.1, 0.15) is 24.1 Å². The monoisotopic (exact) mass is 275 g/mol. The van der Waals surface area contributed by atoms with Crippen LogP contribution >= 0.6 is 0 Å². The molecule has 0 spiro atoms. The summed E-state index contributed by atoms with van der Waals surface area (Å²) in [5.41, 5.74) is 1.89. The Morgan fingerprint density at radius 2 is 1.90 bits per heavy atom. The van der Waals surface area contributed by atoms with Crippen LogP contribution in [0.5, 0.6) is 0 Å². The van der Waals surface area contributed by atoms with E-state index in [9.17, 15) is 14.7 Å². The van der Waals surface area contributed by atoms with Crippen LogP contribution < -0.4 is 0 Å². The summed E-state index contributed by atoms with van der Waals surface area (Å²) in [6, 6.07) is 6.76. The molecule has 1 unspecified atom stereocenters. The van der Waals surface area contributed by atoms with E-state index in [-0.39, 0.29) is 24.5 Å². The molecule has 5 nitrogen and oxygen atoms in total. The fourth-order valence-electron chi connectivity index (χ4n) is 2.45. The third kappa shape index (κ3) is 2.32. The number of carbonyl (C=O) groups is 2. The Kier molecular flexibility index (Phi) is 3.90. The molecule has 1 atom stereocenters. The molecule has 20 heavy (non-hydrogen) atoms. The summed E-state index contributed by atoms with van der Waals surface area (Å²) in [7, 11) is 0. The summed E-state index contributed by atoms with van der Waals surface area (Å²) in [6.45, 7) is 3.10. The Labute approximate surface area is 117 Å². The Morgan fingerprint density at radius 3 is 2.40 bits per heavy atom. The molecule has 1 amide bonds. The maximum Gasteiger partial charge on any atom is 0.290 e. The highest BCUT2D eigenvalue weighted by Crippen LogP contribution is 2.37. The Hall–Kier alpha value is -2.14. The zero-order chi connectivity index (χ0) is 14.9. The van der Waals surface area contributed by atoms with Gasteiger partial charge in [0.2, 0.25) is 0 Å². The minimum absolute atomic E-state index is 0.0677. The SMILES string of the molecule is CC(=O)C1=C(O)C(=O)N(CCO)C1c1ccc(C)cc1. The first-order valence-electron chi connectivity index (χ1n) is 6.39. The molecular weight excluding hydrogens is 258 g/mol. The number of ketones is 1. The van der Waals surface area contributed by atoms with Crippen LogP contribution in [-0.4, -0.2) is 40.0 Å². The average molecular weight is 275 g/mol. The van der Waals surface area contributed by atoms with E-state index >= 15 is 0 Å². The topological polar surface area (TPSA) is 77.8 Å². The molecule has 0 radical (unpaired) electrons. The van der Waals surface area contributed by atoms with Gasteiger partial charge in [0.15, 0.2) is 11.5 Å². The largest absolute Gasteiger partial charge is 0.503 e. The van der Waals surface area contributed by atoms with Gasteiger partial charge in [-0.15, -0.1) is 0 Å². The quantitative estimate of drug-likeness (QED) is 0.867. The van der Waals surface area contributed by atoms with Gasteiger partial charge in [-0.05, 0) is 19.4 Å². The van der Waals surface area contributed by atoms with Crippen LogP contribution in [0.15, 0.2) is 35.6 Å². The van der Waals surface area contributed by atoms with Crippen molar-refractivity contribution >= 4 is 11.7 Å². The Morgan fingerprint density at radius 1 is 1.30 bits per heavy atom. The standard InChI is InChI=1S/C15H17NO4/c1-9-3-5-11(6-4-9)13-12(10(2)18)14(19)15(20)16(13)7-8-17/h3-6,13,17,19H,7-8H2,1-2H3. The van der Waals surface area contributed by atoms with E-state index in [1.165, 1.54) is 11.8 Å². The Balaban J connectivity index is 2.51. The zero-order valence-corrected chi connectivity index (χ0v) is 11.5. The smallest absolute Gasteiger partial charge is 0.290 e. The van der Waals surface area contributed by atoms with Gasteiger partial charge < -0.3 is 15.1 Å². The van der Waals surface area contributed by atoms with Gasteiger partial charge in [-0.3, -0.25) is 9.59 Å². The predicted molar refractivity (Wildman–Crippen MR) is 73.1 cm³/mol. The molecular formula is C15H17NO4. The van der Waals surface area contributed by atoms with E-state index < -0.39 is 17.7 Å². The van der Waals surface area contributed by atoms with E-state index in [0.29, 0.717) is 0 Å². The van der Waals surface area contributed by atoms with Gasteiger partial charge >= 0.3 is 0 Å². The van der Waals surface area contributed by atoms with Crippen molar-refractivity contribution in [2.24, 2.45) is 0 Å². The van der Waals surface area contributed by atoms with E-state index in [1.54, 1.807) is 0 Å². The molecule has 1 aliphatic rings. The molecule has 0 fully saturated rings. The number of hydrogen-bond donors (Lipinski definition) is 2. The third-order valence-electron chi connectivity index (χ3n) is 3.42. The summed E-state index contributed by atoms with van der Waals surface area (Å²) < 4.78 is 0. The number of nitrogens with zero attached hydrogens (tertiary/aromatic N) is 1. The summed E-state index contributed by atoms with van der Waals surface area (Å²) in [4.78, 5) is 25.1. The van der Waals surface area contributed by atoms with Gasteiger partial charge in [0.05, 0.1) is 18.2 Å². The second-order valence-corrected chi connectivity index (χ2v) is 4.85. The van der Waals surface area contributed by atoms with E-state index in [0.717, 1.165) is 11.1 Å². The highest BCUT2D eigenvalue weighted by molar-refractivity contribution is 6.08. The van der Waals surface area contributed by atoms with Gasteiger partial charge in [0, 0.05) is 6.54 Å². The van der Waals surface area contributed by atoms with Crippen LogP contribution in [0.25, 0.3) is 0 Å². The average Bonchev–Trinajstić information content (AvgIpc) is 2.65. The first-order chi connectivity index (χ1) is 9.47. The number of β-amino-alcohol motifs (C(OH)–C–C–N with tert-alkyl or cyclic N) is 1. The van der Waals surface area contributed by atoms with Crippen molar-refractivity contribution in [2.75, 3.05) is 13.2 Å². The summed E-state index contributed by atoms with van der Waals surface area (Å²) in [5, 5.41) is 19.0. The lowest BCUT2D eigenvalue weighted by molar-refractivity contribution is -0.129. The first kappa shape index (κ1) is 14.3. The van der Waals surface area contributed by atoms with Gasteiger partial charge in [0.25, 0.3) is 5.91 Å². The number of benzene rings is 1. The molecule has 1 heterocycles. The van der Waals surface area contributed by atoms with Crippen molar-refractivity contribution in [3.05, 3.63) is 46.7 Å². The zero-order valence-electron chi connectivity index (χ0n) is 11.5. The van der Waals surface area contributed by atoms with Crippen molar-refractivity contribution < 1.29 is 19.8 Å². The lowest BCUT2D eigenvalue weighted by Gasteiger charge is -2.25. The molecule has 106 valence electrons. The number of aliphatic hydroxyl groups is 2. The molecule has 2 N–H and O–H groups in total. The molecule has 1 aromatic carbocycles. The molecule has 1 aliphatic heterocycles. The lowest BCUT2D eigenvalue weighted by Crippen LogP contribution is -2.33. The number of hydrogen-bond acceptors (Lipinski definition) is 4. The van der Waals surface area contributed by atoms with Crippen molar-refractivity contribution in [3.8, 4) is 0 Å². The second-order valence-electron chi connectivity index (χ2n) is 4.85. The van der Waals surface area contributed by atoms with E-state index in [4.69, 9.17) is 5.11 Å². The second kappa shape index (κ2) is 5.46. The molecule has 0 saturated carbocycles. The number of carbonyl (C=O) groups excluding carboxylic acids is 2. The Bertz CT molecular complexity index is 574. The van der Waals surface area contributed by atoms with Crippen molar-refractivity contribution in [1.82, 2.24) is 4.90 Å². The van der Waals surface area contributed by atoms with Crippen LogP contribution in [0.2, 0.25) is 0 Å². The maximum atomic E-state index is 12.0. The highest BCUT2D eigenvalue weighted by atomic mass is 16.3. The van der Waals surface area contributed by atoms with Crippen molar-refractivity contribution in [3.63, 3.8) is 0 Å². The summed E-state index contributed by atoms with van der Waals surface area (Å²) >= 11 is 0. The maximum absolute atomic E-state index is 12.0. The third-order valence-corrected chi connectivity index (χ3v) is 3.42. The summed E-state index contributed by atoms with van der Waals surface area (Å²) in [6.07, 6.45) is 0. The molecule has 2 rings (SSSR count). The van der Waals surface area contributed by atoms with Crippen molar-refractivity contribution in [2.45, 2.75) is 19.9 Å². The van der Waals surface area contributed by atoms with Gasteiger partial charge in [-0.2, -0.15) is 0 Å². The van der Waals surface area contributed by atoms with Crippen molar-refractivity contribution in [1.29, 1.82) is 0 Å². The van der Waals surface area contributed by atoms with Crippen LogP contribution in [-0.2, 0) is 9.59 Å². The number of Topliss-reactive ketones (excluding diaryl/α,β-unsaturated/α-hetero) is 1. The fraction of sp³-hybridized carbons (Fsp3) is 0.333. The van der Waals surface area contributed by atoms with E-state index in [1.807, 2.05) is 31.2 Å². The van der Waals surface area contributed by atoms with Crippen LogP contribution in [0, 0.1) is 6.92 Å². The number of rotatable bonds is 4. The normalized spacial score (nSPS) is 18.9. The number of aliphatic hydroxyl groups excluding tert-OH is 2.